The smallest absolute Gasteiger partial charge is 0.336 e. The fraction of sp³-hybridized carbons (Fsp3) is 0.200. The zero-order chi connectivity index (χ0) is 10.7. The van der Waals surface area contributed by atoms with Gasteiger partial charge in [0.05, 0.1) is 16.1 Å². The highest BCUT2D eigenvalue weighted by Crippen LogP contribution is 2.21. The quantitative estimate of drug-likeness (QED) is 0.814. The van der Waals surface area contributed by atoms with Crippen LogP contribution in [0.2, 0.25) is 5.02 Å². The number of nitrogens with zero attached hydrogens (tertiary/aromatic N) is 1. The van der Waals surface area contributed by atoms with Gasteiger partial charge in [0, 0.05) is 0 Å². The van der Waals surface area contributed by atoms with Gasteiger partial charge in [-0.15, -0.1) is 0 Å². The van der Waals surface area contributed by atoms with Crippen LogP contribution in [-0.4, -0.2) is 11.1 Å². The highest BCUT2D eigenvalue weighted by atomic mass is 35.5. The summed E-state index contributed by atoms with van der Waals surface area (Å²) in [7, 11) is 0. The lowest BCUT2D eigenvalue weighted by Gasteiger charge is -2.04. The molecule has 0 unspecified atom stereocenters. The van der Waals surface area contributed by atoms with Gasteiger partial charge in [-0.25, -0.2) is 4.79 Å². The Morgan fingerprint density at radius 2 is 2.29 bits per heavy atom. The van der Waals surface area contributed by atoms with Gasteiger partial charge in [0.25, 0.3) is 0 Å². The lowest BCUT2D eigenvalue weighted by Crippen LogP contribution is -2.02. The Morgan fingerprint density at radius 1 is 1.64 bits per heavy atom. The lowest BCUT2D eigenvalue weighted by molar-refractivity contribution is 0.0695. The molecule has 1 N–H and O–H groups in total. The van der Waals surface area contributed by atoms with E-state index in [1.165, 1.54) is 12.1 Å². The van der Waals surface area contributed by atoms with E-state index in [1.807, 2.05) is 13.0 Å². The molecule has 0 saturated carbocycles. The van der Waals surface area contributed by atoms with Crippen LogP contribution in [-0.2, 0) is 6.42 Å². The SMILES string of the molecule is CCc1cc(C#N)c(Cl)cc1C(=O)O. The van der Waals surface area contributed by atoms with Gasteiger partial charge in [0.1, 0.15) is 6.07 Å². The molecule has 1 aromatic carbocycles. The molecule has 0 atom stereocenters. The summed E-state index contributed by atoms with van der Waals surface area (Å²) in [6.07, 6.45) is 0.563. The fourth-order valence-electron chi connectivity index (χ4n) is 1.20. The first-order valence-corrected chi connectivity index (χ1v) is 4.43. The zero-order valence-electron chi connectivity index (χ0n) is 7.54. The molecule has 0 aliphatic rings. The molecule has 1 rings (SSSR count). The van der Waals surface area contributed by atoms with Crippen LogP contribution in [0.1, 0.15) is 28.4 Å². The molecule has 0 saturated heterocycles. The van der Waals surface area contributed by atoms with Crippen molar-refractivity contribution >= 4 is 17.6 Å². The molecule has 0 spiro atoms. The van der Waals surface area contributed by atoms with Gasteiger partial charge in [-0.2, -0.15) is 5.26 Å². The van der Waals surface area contributed by atoms with Gasteiger partial charge >= 0.3 is 5.97 Å². The van der Waals surface area contributed by atoms with Crippen LogP contribution in [0.5, 0.6) is 0 Å². The predicted molar refractivity (Wildman–Crippen MR) is 52.5 cm³/mol. The molecule has 0 aliphatic carbocycles. The number of carbonyl (C=O) groups is 1. The van der Waals surface area contributed by atoms with Crippen molar-refractivity contribution in [3.05, 3.63) is 33.8 Å². The van der Waals surface area contributed by atoms with Gasteiger partial charge in [0.15, 0.2) is 0 Å². The van der Waals surface area contributed by atoms with E-state index in [2.05, 4.69) is 0 Å². The van der Waals surface area contributed by atoms with Crippen molar-refractivity contribution in [2.45, 2.75) is 13.3 Å². The highest BCUT2D eigenvalue weighted by Gasteiger charge is 2.12. The Balaban J connectivity index is 3.41. The first kappa shape index (κ1) is 10.6. The number of benzene rings is 1. The normalized spacial score (nSPS) is 9.50. The van der Waals surface area contributed by atoms with E-state index in [9.17, 15) is 4.79 Å². The average Bonchev–Trinajstić information content (AvgIpc) is 2.17. The Hall–Kier alpha value is -1.53. The number of hydrogen-bond donors (Lipinski definition) is 1. The molecule has 0 aliphatic heterocycles. The van der Waals surface area contributed by atoms with Crippen LogP contribution in [0.3, 0.4) is 0 Å². The van der Waals surface area contributed by atoms with Crippen LogP contribution in [0.4, 0.5) is 0 Å². The average molecular weight is 210 g/mol. The van der Waals surface area contributed by atoms with E-state index in [0.29, 0.717) is 17.5 Å². The summed E-state index contributed by atoms with van der Waals surface area (Å²) in [6.45, 7) is 1.83. The van der Waals surface area contributed by atoms with Gasteiger partial charge < -0.3 is 5.11 Å². The Kier molecular flexibility index (Phi) is 3.10. The molecule has 0 amide bonds. The molecule has 3 nitrogen and oxygen atoms in total. The van der Waals surface area contributed by atoms with Crippen molar-refractivity contribution in [3.63, 3.8) is 0 Å². The van der Waals surface area contributed by atoms with Crippen molar-refractivity contribution < 1.29 is 9.90 Å². The van der Waals surface area contributed by atoms with Gasteiger partial charge in [0.2, 0.25) is 0 Å². The topological polar surface area (TPSA) is 61.1 Å². The number of nitriles is 1. The van der Waals surface area contributed by atoms with Gasteiger partial charge in [-0.1, -0.05) is 18.5 Å². The summed E-state index contributed by atoms with van der Waals surface area (Å²) in [5.74, 6) is -1.02. The number of rotatable bonds is 2. The molecule has 72 valence electrons. The fourth-order valence-corrected chi connectivity index (χ4v) is 1.40. The molecule has 0 aromatic heterocycles. The first-order valence-electron chi connectivity index (χ1n) is 4.06. The lowest BCUT2D eigenvalue weighted by atomic mass is 10.0. The van der Waals surface area contributed by atoms with Crippen molar-refractivity contribution in [2.24, 2.45) is 0 Å². The summed E-state index contributed by atoms with van der Waals surface area (Å²) in [5, 5.41) is 17.7. The molecule has 0 bridgehead atoms. The molecule has 14 heavy (non-hydrogen) atoms. The third kappa shape index (κ3) is 1.86. The minimum absolute atomic E-state index is 0.163. The second-order valence-corrected chi connectivity index (χ2v) is 3.17. The summed E-state index contributed by atoms with van der Waals surface area (Å²) < 4.78 is 0. The third-order valence-corrected chi connectivity index (χ3v) is 2.24. The standard InChI is InChI=1S/C10H8ClNO2/c1-2-6-3-7(5-12)9(11)4-8(6)10(13)14/h3-4H,2H2,1H3,(H,13,14). The number of carboxylic acid groups (broad SMARTS) is 1. The monoisotopic (exact) mass is 209 g/mol. The molecular weight excluding hydrogens is 202 g/mol. The van der Waals surface area contributed by atoms with E-state index in [1.54, 1.807) is 0 Å². The maximum Gasteiger partial charge on any atom is 0.336 e. The van der Waals surface area contributed by atoms with Crippen LogP contribution >= 0.6 is 11.6 Å². The summed E-state index contributed by atoms with van der Waals surface area (Å²) in [6, 6.07) is 4.75. The maximum absolute atomic E-state index is 10.8. The summed E-state index contributed by atoms with van der Waals surface area (Å²) in [5.41, 5.74) is 1.10. The number of hydrogen-bond acceptors (Lipinski definition) is 2. The number of aryl methyl sites for hydroxylation is 1. The van der Waals surface area contributed by atoms with E-state index in [-0.39, 0.29) is 10.6 Å². The minimum atomic E-state index is -1.02. The maximum atomic E-state index is 10.8. The van der Waals surface area contributed by atoms with Crippen molar-refractivity contribution in [2.75, 3.05) is 0 Å². The molecule has 1 aromatic rings. The van der Waals surface area contributed by atoms with Gasteiger partial charge in [-0.05, 0) is 24.1 Å². The molecule has 0 heterocycles. The minimum Gasteiger partial charge on any atom is -0.478 e. The molecule has 0 radical (unpaired) electrons. The molecule has 0 fully saturated rings. The Labute approximate surface area is 86.5 Å². The second-order valence-electron chi connectivity index (χ2n) is 2.76. The predicted octanol–water partition coefficient (Wildman–Crippen LogP) is 2.47. The number of carboxylic acids is 1. The number of halogens is 1. The third-order valence-electron chi connectivity index (χ3n) is 1.92. The largest absolute Gasteiger partial charge is 0.478 e. The first-order chi connectivity index (χ1) is 6.60. The second kappa shape index (κ2) is 4.12. The summed E-state index contributed by atoms with van der Waals surface area (Å²) in [4.78, 5) is 10.8. The zero-order valence-corrected chi connectivity index (χ0v) is 8.30. The van der Waals surface area contributed by atoms with Crippen molar-refractivity contribution in [1.82, 2.24) is 0 Å². The Morgan fingerprint density at radius 3 is 2.71 bits per heavy atom. The van der Waals surface area contributed by atoms with E-state index >= 15 is 0 Å². The number of aromatic carboxylic acids is 1. The van der Waals surface area contributed by atoms with Crippen LogP contribution in [0.25, 0.3) is 0 Å². The van der Waals surface area contributed by atoms with Crippen LogP contribution < -0.4 is 0 Å². The van der Waals surface area contributed by atoms with Crippen molar-refractivity contribution in [1.29, 1.82) is 5.26 Å². The highest BCUT2D eigenvalue weighted by molar-refractivity contribution is 6.32. The van der Waals surface area contributed by atoms with Crippen LogP contribution in [0, 0.1) is 11.3 Å². The van der Waals surface area contributed by atoms with Gasteiger partial charge in [-0.3, -0.25) is 0 Å². The van der Waals surface area contributed by atoms with E-state index in [0.717, 1.165) is 0 Å². The van der Waals surface area contributed by atoms with Crippen molar-refractivity contribution in [3.8, 4) is 6.07 Å². The van der Waals surface area contributed by atoms with E-state index in [4.69, 9.17) is 22.0 Å². The van der Waals surface area contributed by atoms with E-state index < -0.39 is 5.97 Å². The Bertz CT molecular complexity index is 421. The molecule has 4 heteroatoms. The summed E-state index contributed by atoms with van der Waals surface area (Å²) >= 11 is 5.72. The molecular formula is C10H8ClNO2. The van der Waals surface area contributed by atoms with Crippen LogP contribution in [0.15, 0.2) is 12.1 Å².